The number of unbranched alkanes of at least 4 members (excludes halogenated alkanes) is 1. The van der Waals surface area contributed by atoms with Crippen molar-refractivity contribution in [3.63, 3.8) is 0 Å². The van der Waals surface area contributed by atoms with Gasteiger partial charge in [0.15, 0.2) is 0 Å². The zero-order chi connectivity index (χ0) is 13.3. The quantitative estimate of drug-likeness (QED) is 0.856. The van der Waals surface area contributed by atoms with Gasteiger partial charge in [0.2, 0.25) is 0 Å². The highest BCUT2D eigenvalue weighted by Crippen LogP contribution is 2.14. The zero-order valence-corrected chi connectivity index (χ0v) is 11.8. The Morgan fingerprint density at radius 2 is 1.88 bits per heavy atom. The fraction of sp³-hybridized carbons (Fsp3) is 0.692. The molecule has 0 aliphatic heterocycles. The van der Waals surface area contributed by atoms with E-state index in [0.29, 0.717) is 5.82 Å². The molecule has 1 aromatic rings. The summed E-state index contributed by atoms with van der Waals surface area (Å²) < 4.78 is 0. The number of nitrogen functional groups attached to an aromatic ring is 1. The Balaban J connectivity index is 0.00000121. The average Bonchev–Trinajstić information content (AvgIpc) is 2.31. The Labute approximate surface area is 105 Å². The molecule has 1 rings (SSSR count). The third-order valence-corrected chi connectivity index (χ3v) is 2.33. The van der Waals surface area contributed by atoms with Crippen LogP contribution in [0.1, 0.15) is 46.4 Å². The molecule has 4 heteroatoms. The summed E-state index contributed by atoms with van der Waals surface area (Å²) in [7, 11) is 0. The van der Waals surface area contributed by atoms with E-state index in [1.807, 2.05) is 26.8 Å². The molecular weight excluding hydrogens is 212 g/mol. The van der Waals surface area contributed by atoms with E-state index in [1.165, 1.54) is 12.8 Å². The van der Waals surface area contributed by atoms with Crippen LogP contribution in [0.15, 0.2) is 6.07 Å². The normalized spacial score (nSPS) is 9.47. The van der Waals surface area contributed by atoms with Crippen LogP contribution in [0.25, 0.3) is 0 Å². The van der Waals surface area contributed by atoms with E-state index in [1.54, 1.807) is 0 Å². The van der Waals surface area contributed by atoms with Gasteiger partial charge in [-0.15, -0.1) is 0 Å². The third-order valence-electron chi connectivity index (χ3n) is 2.33. The molecule has 17 heavy (non-hydrogen) atoms. The van der Waals surface area contributed by atoms with Crippen LogP contribution in [0.5, 0.6) is 0 Å². The van der Waals surface area contributed by atoms with Gasteiger partial charge >= 0.3 is 0 Å². The molecule has 1 heterocycles. The molecule has 1 aromatic heterocycles. The van der Waals surface area contributed by atoms with Crippen molar-refractivity contribution in [1.29, 1.82) is 0 Å². The minimum atomic E-state index is 0.549. The predicted octanol–water partition coefficient (Wildman–Crippen LogP) is 3.02. The molecule has 0 aliphatic rings. The van der Waals surface area contributed by atoms with E-state index < -0.39 is 0 Å². The smallest absolute Gasteiger partial charge is 0.134 e. The second-order valence-electron chi connectivity index (χ2n) is 3.63. The van der Waals surface area contributed by atoms with Crippen molar-refractivity contribution in [2.24, 2.45) is 0 Å². The first-order valence-electron chi connectivity index (χ1n) is 6.53. The van der Waals surface area contributed by atoms with Crippen LogP contribution in [-0.2, 0) is 0 Å². The zero-order valence-electron chi connectivity index (χ0n) is 11.8. The summed E-state index contributed by atoms with van der Waals surface area (Å²) in [5.74, 6) is 2.23. The van der Waals surface area contributed by atoms with Crippen molar-refractivity contribution in [2.75, 3.05) is 23.7 Å². The Kier molecular flexibility index (Phi) is 8.11. The van der Waals surface area contributed by atoms with Crippen molar-refractivity contribution >= 4 is 11.6 Å². The van der Waals surface area contributed by atoms with Gasteiger partial charge in [0.05, 0.1) is 0 Å². The summed E-state index contributed by atoms with van der Waals surface area (Å²) in [5, 5.41) is 0. The van der Waals surface area contributed by atoms with E-state index in [9.17, 15) is 0 Å². The van der Waals surface area contributed by atoms with Crippen LogP contribution in [0.2, 0.25) is 0 Å². The van der Waals surface area contributed by atoms with Crippen LogP contribution in [0.4, 0.5) is 11.6 Å². The molecular formula is C13H26N4. The number of nitrogens with zero attached hydrogens (tertiary/aromatic N) is 3. The maximum Gasteiger partial charge on any atom is 0.134 e. The SMILES string of the molecule is CC.CCCCN(CC)c1cc(N)nc(C)n1. The maximum absolute atomic E-state index is 5.70. The molecule has 0 saturated carbocycles. The van der Waals surface area contributed by atoms with Gasteiger partial charge in [-0.25, -0.2) is 9.97 Å². The summed E-state index contributed by atoms with van der Waals surface area (Å²) in [6.45, 7) is 12.2. The van der Waals surface area contributed by atoms with E-state index in [2.05, 4.69) is 28.7 Å². The van der Waals surface area contributed by atoms with E-state index in [-0.39, 0.29) is 0 Å². The summed E-state index contributed by atoms with van der Waals surface area (Å²) in [4.78, 5) is 10.7. The number of anilines is 2. The predicted molar refractivity (Wildman–Crippen MR) is 75.3 cm³/mol. The van der Waals surface area contributed by atoms with Gasteiger partial charge in [-0.1, -0.05) is 27.2 Å². The van der Waals surface area contributed by atoms with Gasteiger partial charge in [-0.2, -0.15) is 0 Å². The highest BCUT2D eigenvalue weighted by Gasteiger charge is 2.06. The highest BCUT2D eigenvalue weighted by atomic mass is 15.2. The van der Waals surface area contributed by atoms with Gasteiger partial charge in [-0.3, -0.25) is 0 Å². The van der Waals surface area contributed by atoms with E-state index in [4.69, 9.17) is 5.73 Å². The Bertz CT molecular complexity index is 292. The fourth-order valence-corrected chi connectivity index (χ4v) is 1.52. The van der Waals surface area contributed by atoms with Crippen LogP contribution in [-0.4, -0.2) is 23.1 Å². The van der Waals surface area contributed by atoms with Gasteiger partial charge in [0.1, 0.15) is 17.5 Å². The molecule has 2 N–H and O–H groups in total. The lowest BCUT2D eigenvalue weighted by atomic mass is 10.3. The molecule has 4 nitrogen and oxygen atoms in total. The Morgan fingerprint density at radius 1 is 1.24 bits per heavy atom. The van der Waals surface area contributed by atoms with Crippen LogP contribution in [0, 0.1) is 6.92 Å². The molecule has 98 valence electrons. The fourth-order valence-electron chi connectivity index (χ4n) is 1.52. The minimum Gasteiger partial charge on any atom is -0.384 e. The Morgan fingerprint density at radius 3 is 2.35 bits per heavy atom. The summed E-state index contributed by atoms with van der Waals surface area (Å²) in [6.07, 6.45) is 2.37. The van der Waals surface area contributed by atoms with Crippen LogP contribution in [0.3, 0.4) is 0 Å². The summed E-state index contributed by atoms with van der Waals surface area (Å²) in [5.41, 5.74) is 5.70. The highest BCUT2D eigenvalue weighted by molar-refractivity contribution is 5.46. The number of hydrogen-bond acceptors (Lipinski definition) is 4. The third kappa shape index (κ3) is 5.52. The van der Waals surface area contributed by atoms with Crippen molar-refractivity contribution in [2.45, 2.75) is 47.5 Å². The molecule has 0 atom stereocenters. The second-order valence-corrected chi connectivity index (χ2v) is 3.63. The van der Waals surface area contributed by atoms with Crippen molar-refractivity contribution in [3.8, 4) is 0 Å². The molecule has 0 aromatic carbocycles. The first kappa shape index (κ1) is 15.7. The monoisotopic (exact) mass is 238 g/mol. The van der Waals surface area contributed by atoms with Crippen LogP contribution < -0.4 is 10.6 Å². The standard InChI is InChI=1S/C11H20N4.C2H6/c1-4-6-7-15(5-2)11-8-10(12)13-9(3)14-11;1-2/h8H,4-7H2,1-3H3,(H2,12,13,14);1-2H3. The van der Waals surface area contributed by atoms with Gasteiger partial charge < -0.3 is 10.6 Å². The van der Waals surface area contributed by atoms with Crippen molar-refractivity contribution < 1.29 is 0 Å². The lowest BCUT2D eigenvalue weighted by Gasteiger charge is -2.21. The molecule has 0 amide bonds. The van der Waals surface area contributed by atoms with E-state index >= 15 is 0 Å². The Hall–Kier alpha value is -1.32. The molecule has 0 unspecified atom stereocenters. The lowest BCUT2D eigenvalue weighted by molar-refractivity contribution is 0.721. The molecule has 0 fully saturated rings. The van der Waals surface area contributed by atoms with E-state index in [0.717, 1.165) is 24.7 Å². The number of hydrogen-bond donors (Lipinski definition) is 1. The maximum atomic E-state index is 5.70. The largest absolute Gasteiger partial charge is 0.384 e. The summed E-state index contributed by atoms with van der Waals surface area (Å²) >= 11 is 0. The molecule has 0 bridgehead atoms. The molecule has 0 saturated heterocycles. The lowest BCUT2D eigenvalue weighted by Crippen LogP contribution is -2.25. The first-order chi connectivity index (χ1) is 8.17. The molecule has 0 aliphatic carbocycles. The molecule has 0 radical (unpaired) electrons. The van der Waals surface area contributed by atoms with Crippen LogP contribution >= 0.6 is 0 Å². The molecule has 0 spiro atoms. The number of rotatable bonds is 5. The first-order valence-corrected chi connectivity index (χ1v) is 6.53. The van der Waals surface area contributed by atoms with Gasteiger partial charge in [0.25, 0.3) is 0 Å². The van der Waals surface area contributed by atoms with Crippen molar-refractivity contribution in [1.82, 2.24) is 9.97 Å². The van der Waals surface area contributed by atoms with Crippen molar-refractivity contribution in [3.05, 3.63) is 11.9 Å². The number of nitrogens with two attached hydrogens (primary N) is 1. The topological polar surface area (TPSA) is 55.0 Å². The second kappa shape index (κ2) is 8.79. The number of aryl methyl sites for hydroxylation is 1. The minimum absolute atomic E-state index is 0.549. The van der Waals surface area contributed by atoms with Gasteiger partial charge in [0, 0.05) is 19.2 Å². The number of aromatic nitrogens is 2. The average molecular weight is 238 g/mol. The summed E-state index contributed by atoms with van der Waals surface area (Å²) in [6, 6.07) is 1.84. The van der Waals surface area contributed by atoms with Gasteiger partial charge in [-0.05, 0) is 20.3 Å².